The molecule has 1 aliphatic rings. The molecule has 0 bridgehead atoms. The molecule has 3 heteroatoms. The first-order valence-corrected chi connectivity index (χ1v) is 6.83. The number of hydrogen-bond donors (Lipinski definition) is 2. The Bertz CT molecular complexity index is 188. The number of amides is 1. The van der Waals surface area contributed by atoms with Crippen molar-refractivity contribution in [3.63, 3.8) is 0 Å². The lowest BCUT2D eigenvalue weighted by Crippen LogP contribution is -2.30. The molecule has 0 aromatic carbocycles. The summed E-state index contributed by atoms with van der Waals surface area (Å²) in [5, 5.41) is 6.45. The first-order valence-electron chi connectivity index (χ1n) is 6.83. The number of unbranched alkanes of at least 4 members (excludes halogenated alkanes) is 3. The lowest BCUT2D eigenvalue weighted by Gasteiger charge is -2.10. The van der Waals surface area contributed by atoms with Crippen molar-refractivity contribution in [2.45, 2.75) is 64.3 Å². The van der Waals surface area contributed by atoms with Crippen LogP contribution < -0.4 is 10.6 Å². The molecule has 1 atom stereocenters. The van der Waals surface area contributed by atoms with Crippen LogP contribution in [0.5, 0.6) is 0 Å². The van der Waals surface area contributed by atoms with E-state index in [0.717, 1.165) is 25.9 Å². The van der Waals surface area contributed by atoms with Gasteiger partial charge < -0.3 is 10.6 Å². The predicted molar refractivity (Wildman–Crippen MR) is 67.4 cm³/mol. The average molecular weight is 226 g/mol. The normalized spacial score (nSPS) is 19.9. The van der Waals surface area contributed by atoms with E-state index >= 15 is 0 Å². The molecule has 1 aliphatic heterocycles. The van der Waals surface area contributed by atoms with Crippen LogP contribution in [0.4, 0.5) is 0 Å². The average Bonchev–Trinajstić information content (AvgIpc) is 2.77. The zero-order valence-electron chi connectivity index (χ0n) is 10.6. The van der Waals surface area contributed by atoms with Crippen LogP contribution in [0, 0.1) is 0 Å². The van der Waals surface area contributed by atoms with Gasteiger partial charge in [0.15, 0.2) is 0 Å². The van der Waals surface area contributed by atoms with E-state index in [0.29, 0.717) is 12.5 Å². The van der Waals surface area contributed by atoms with Gasteiger partial charge in [0.05, 0.1) is 0 Å². The van der Waals surface area contributed by atoms with Crippen molar-refractivity contribution in [3.05, 3.63) is 0 Å². The van der Waals surface area contributed by atoms with Gasteiger partial charge in [-0.1, -0.05) is 26.2 Å². The van der Waals surface area contributed by atoms with Gasteiger partial charge in [0, 0.05) is 19.0 Å². The quantitative estimate of drug-likeness (QED) is 0.623. The fourth-order valence-corrected chi connectivity index (χ4v) is 2.19. The third kappa shape index (κ3) is 6.11. The fraction of sp³-hybridized carbons (Fsp3) is 0.923. The zero-order valence-corrected chi connectivity index (χ0v) is 10.6. The maximum Gasteiger partial charge on any atom is 0.219 e. The number of nitrogens with one attached hydrogen (secondary N) is 2. The van der Waals surface area contributed by atoms with Crippen LogP contribution in [-0.4, -0.2) is 25.0 Å². The van der Waals surface area contributed by atoms with Crippen molar-refractivity contribution in [2.75, 3.05) is 13.1 Å². The molecule has 16 heavy (non-hydrogen) atoms. The van der Waals surface area contributed by atoms with Gasteiger partial charge in [-0.3, -0.25) is 4.79 Å². The van der Waals surface area contributed by atoms with Gasteiger partial charge in [0.2, 0.25) is 5.91 Å². The minimum Gasteiger partial charge on any atom is -0.356 e. The van der Waals surface area contributed by atoms with E-state index in [2.05, 4.69) is 17.6 Å². The molecule has 1 amide bonds. The van der Waals surface area contributed by atoms with E-state index in [1.807, 2.05) is 0 Å². The Morgan fingerprint density at radius 3 is 2.94 bits per heavy atom. The largest absolute Gasteiger partial charge is 0.356 e. The number of carbonyl (C=O) groups excluding carboxylic acids is 1. The van der Waals surface area contributed by atoms with Crippen molar-refractivity contribution in [2.24, 2.45) is 0 Å². The van der Waals surface area contributed by atoms with Crippen LogP contribution >= 0.6 is 0 Å². The Kier molecular flexibility index (Phi) is 7.23. The van der Waals surface area contributed by atoms with E-state index < -0.39 is 0 Å². The highest BCUT2D eigenvalue weighted by atomic mass is 16.1. The van der Waals surface area contributed by atoms with Crippen LogP contribution in [0.15, 0.2) is 0 Å². The molecule has 3 nitrogen and oxygen atoms in total. The minimum absolute atomic E-state index is 0.231. The third-order valence-electron chi connectivity index (χ3n) is 3.23. The Morgan fingerprint density at radius 1 is 1.38 bits per heavy atom. The maximum atomic E-state index is 11.4. The van der Waals surface area contributed by atoms with Gasteiger partial charge >= 0.3 is 0 Å². The van der Waals surface area contributed by atoms with E-state index in [9.17, 15) is 4.79 Å². The molecule has 0 saturated carbocycles. The van der Waals surface area contributed by atoms with E-state index in [-0.39, 0.29) is 5.91 Å². The first kappa shape index (κ1) is 13.5. The molecular weight excluding hydrogens is 200 g/mol. The van der Waals surface area contributed by atoms with Gasteiger partial charge in [-0.2, -0.15) is 0 Å². The van der Waals surface area contributed by atoms with Crippen molar-refractivity contribution in [3.8, 4) is 0 Å². The highest BCUT2D eigenvalue weighted by Crippen LogP contribution is 2.07. The predicted octanol–water partition coefficient (Wildman–Crippen LogP) is 2.22. The molecule has 0 aromatic heterocycles. The monoisotopic (exact) mass is 226 g/mol. The molecule has 0 unspecified atom stereocenters. The van der Waals surface area contributed by atoms with Crippen LogP contribution in [0.25, 0.3) is 0 Å². The topological polar surface area (TPSA) is 41.1 Å². The molecular formula is C13H26N2O. The Morgan fingerprint density at radius 2 is 2.25 bits per heavy atom. The molecule has 0 spiro atoms. The molecule has 1 fully saturated rings. The second kappa shape index (κ2) is 8.57. The van der Waals surface area contributed by atoms with Crippen LogP contribution in [0.3, 0.4) is 0 Å². The summed E-state index contributed by atoms with van der Waals surface area (Å²) in [4.78, 5) is 11.4. The molecule has 2 N–H and O–H groups in total. The maximum absolute atomic E-state index is 11.4. The standard InChI is InChI=1S/C13H26N2O/c1-2-3-4-5-8-13(16)15-11-9-12-7-6-10-14-12/h12,14H,2-11H2,1H3,(H,15,16)/t12-/m1/s1. The molecule has 1 saturated heterocycles. The van der Waals surface area contributed by atoms with Gasteiger partial charge in [0.25, 0.3) is 0 Å². The van der Waals surface area contributed by atoms with Gasteiger partial charge in [0.1, 0.15) is 0 Å². The Hall–Kier alpha value is -0.570. The first-order chi connectivity index (χ1) is 7.83. The third-order valence-corrected chi connectivity index (χ3v) is 3.23. The zero-order chi connectivity index (χ0) is 11.6. The lowest BCUT2D eigenvalue weighted by atomic mass is 10.1. The Labute approximate surface area is 99.4 Å². The van der Waals surface area contributed by atoms with Crippen molar-refractivity contribution >= 4 is 5.91 Å². The smallest absolute Gasteiger partial charge is 0.219 e. The Balaban J connectivity index is 1.89. The summed E-state index contributed by atoms with van der Waals surface area (Å²) in [6.07, 6.45) is 9.06. The number of carbonyl (C=O) groups is 1. The van der Waals surface area contributed by atoms with E-state index in [4.69, 9.17) is 0 Å². The molecule has 0 radical (unpaired) electrons. The summed E-state index contributed by atoms with van der Waals surface area (Å²) < 4.78 is 0. The van der Waals surface area contributed by atoms with Gasteiger partial charge in [-0.15, -0.1) is 0 Å². The molecule has 0 aliphatic carbocycles. The fourth-order valence-electron chi connectivity index (χ4n) is 2.19. The summed E-state index contributed by atoms with van der Waals surface area (Å²) in [6.45, 7) is 4.18. The second-order valence-electron chi connectivity index (χ2n) is 4.74. The van der Waals surface area contributed by atoms with E-state index in [1.165, 1.54) is 32.1 Å². The summed E-state index contributed by atoms with van der Waals surface area (Å²) in [5.41, 5.74) is 0. The number of hydrogen-bond acceptors (Lipinski definition) is 2. The van der Waals surface area contributed by atoms with Crippen molar-refractivity contribution in [1.29, 1.82) is 0 Å². The summed E-state index contributed by atoms with van der Waals surface area (Å²) in [6, 6.07) is 0.639. The van der Waals surface area contributed by atoms with E-state index in [1.54, 1.807) is 0 Å². The minimum atomic E-state index is 0.231. The van der Waals surface area contributed by atoms with Crippen LogP contribution in [0.1, 0.15) is 58.3 Å². The van der Waals surface area contributed by atoms with Gasteiger partial charge in [-0.05, 0) is 32.2 Å². The van der Waals surface area contributed by atoms with Crippen LogP contribution in [0.2, 0.25) is 0 Å². The highest BCUT2D eigenvalue weighted by molar-refractivity contribution is 5.75. The van der Waals surface area contributed by atoms with Gasteiger partial charge in [-0.25, -0.2) is 0 Å². The molecule has 94 valence electrons. The lowest BCUT2D eigenvalue weighted by molar-refractivity contribution is -0.121. The molecule has 0 aromatic rings. The van der Waals surface area contributed by atoms with Crippen molar-refractivity contribution in [1.82, 2.24) is 10.6 Å². The second-order valence-corrected chi connectivity index (χ2v) is 4.74. The summed E-state index contributed by atoms with van der Waals surface area (Å²) >= 11 is 0. The van der Waals surface area contributed by atoms with Crippen LogP contribution in [-0.2, 0) is 4.79 Å². The summed E-state index contributed by atoms with van der Waals surface area (Å²) in [7, 11) is 0. The highest BCUT2D eigenvalue weighted by Gasteiger charge is 2.13. The SMILES string of the molecule is CCCCCCC(=O)NCC[C@H]1CCCN1. The van der Waals surface area contributed by atoms with Crippen molar-refractivity contribution < 1.29 is 4.79 Å². The number of rotatable bonds is 8. The summed E-state index contributed by atoms with van der Waals surface area (Å²) in [5.74, 6) is 0.231. The molecule has 1 heterocycles. The molecule has 1 rings (SSSR count).